The van der Waals surface area contributed by atoms with E-state index in [2.05, 4.69) is 73.3 Å². The molecule has 0 saturated heterocycles. The van der Waals surface area contributed by atoms with Gasteiger partial charge in [0.05, 0.1) is 0 Å². The third-order valence-corrected chi connectivity index (χ3v) is 6.03. The normalized spacial score (nSPS) is 20.9. The number of hydrogen-bond donors (Lipinski definition) is 0. The highest BCUT2D eigenvalue weighted by atomic mass is 19.1. The van der Waals surface area contributed by atoms with E-state index < -0.39 is 6.17 Å². The van der Waals surface area contributed by atoms with Gasteiger partial charge in [-0.1, -0.05) is 61.5 Å². The zero-order valence-electron chi connectivity index (χ0n) is 16.9. The molecule has 3 rings (SSSR count). The monoisotopic (exact) mass is 367 g/mol. The lowest BCUT2D eigenvalue weighted by atomic mass is 9.95. The minimum atomic E-state index is -0.593. The van der Waals surface area contributed by atoms with Gasteiger partial charge in [0.15, 0.2) is 0 Å². The maximum absolute atomic E-state index is 13.4. The molecule has 0 spiro atoms. The molecule has 0 radical (unpaired) electrons. The van der Waals surface area contributed by atoms with Crippen molar-refractivity contribution in [1.82, 2.24) is 4.90 Å². The number of alkyl halides is 1. The van der Waals surface area contributed by atoms with Gasteiger partial charge in [-0.2, -0.15) is 0 Å². The van der Waals surface area contributed by atoms with E-state index in [0.717, 1.165) is 32.4 Å². The van der Waals surface area contributed by atoms with Crippen LogP contribution in [0.3, 0.4) is 0 Å². The highest BCUT2D eigenvalue weighted by Gasteiger charge is 2.25. The van der Waals surface area contributed by atoms with Crippen molar-refractivity contribution in [2.45, 2.75) is 77.0 Å². The molecule has 3 unspecified atom stereocenters. The Bertz CT molecular complexity index is 666. The molecule has 1 saturated carbocycles. The molecule has 2 aromatic rings. The Kier molecular flexibility index (Phi) is 7.46. The smallest absolute Gasteiger partial charge is 0.101 e. The maximum atomic E-state index is 13.4. The molecule has 0 aromatic heterocycles. The van der Waals surface area contributed by atoms with Crippen molar-refractivity contribution < 1.29 is 4.39 Å². The van der Waals surface area contributed by atoms with E-state index in [-0.39, 0.29) is 0 Å². The summed E-state index contributed by atoms with van der Waals surface area (Å²) >= 11 is 0. The van der Waals surface area contributed by atoms with Crippen molar-refractivity contribution in [1.29, 1.82) is 0 Å². The van der Waals surface area contributed by atoms with Gasteiger partial charge in [-0.3, -0.25) is 4.90 Å². The molecule has 146 valence electrons. The van der Waals surface area contributed by atoms with Crippen LogP contribution < -0.4 is 0 Å². The summed E-state index contributed by atoms with van der Waals surface area (Å²) in [5.41, 5.74) is 4.12. The molecule has 2 aromatic carbocycles. The van der Waals surface area contributed by atoms with Crippen LogP contribution in [-0.4, -0.2) is 23.7 Å². The van der Waals surface area contributed by atoms with Crippen molar-refractivity contribution >= 4 is 0 Å². The summed E-state index contributed by atoms with van der Waals surface area (Å²) in [6.45, 7) is 6.78. The van der Waals surface area contributed by atoms with E-state index in [1.54, 1.807) is 0 Å². The summed E-state index contributed by atoms with van der Waals surface area (Å²) in [6.07, 6.45) is 5.31. The highest BCUT2D eigenvalue weighted by molar-refractivity contribution is 5.26. The van der Waals surface area contributed by atoms with Gasteiger partial charge >= 0.3 is 0 Å². The Morgan fingerprint density at radius 1 is 1.00 bits per heavy atom. The number of rotatable bonds is 9. The third kappa shape index (κ3) is 5.90. The Hall–Kier alpha value is -1.67. The van der Waals surface area contributed by atoms with Crippen LogP contribution in [0, 0.1) is 0 Å². The summed E-state index contributed by atoms with van der Waals surface area (Å²) in [5, 5.41) is 0. The first-order valence-electron chi connectivity index (χ1n) is 10.7. The first kappa shape index (κ1) is 20.1. The number of hydrogen-bond acceptors (Lipinski definition) is 1. The Labute approximate surface area is 164 Å². The minimum absolute atomic E-state index is 0.430. The van der Waals surface area contributed by atoms with Crippen molar-refractivity contribution in [3.63, 3.8) is 0 Å². The Morgan fingerprint density at radius 3 is 2.37 bits per heavy atom. The standard InChI is InChI=1S/C25H34FN/c1-3-17-27(19-22-7-5-4-6-8-22)20(2)9-10-21-11-13-23(14-12-21)24-15-16-25(26)18-24/h4-8,11-14,20,24-25H,3,9-10,15-19H2,1-2H3. The highest BCUT2D eigenvalue weighted by Crippen LogP contribution is 2.36. The molecule has 0 amide bonds. The average molecular weight is 368 g/mol. The summed E-state index contributed by atoms with van der Waals surface area (Å²) in [5.74, 6) is 0.430. The maximum Gasteiger partial charge on any atom is 0.101 e. The molecule has 0 N–H and O–H groups in total. The second-order valence-corrected chi connectivity index (χ2v) is 8.19. The van der Waals surface area contributed by atoms with Gasteiger partial charge in [0.2, 0.25) is 0 Å². The van der Waals surface area contributed by atoms with Crippen molar-refractivity contribution in [3.05, 3.63) is 71.3 Å². The summed E-state index contributed by atoms with van der Waals surface area (Å²) in [4.78, 5) is 2.60. The third-order valence-electron chi connectivity index (χ3n) is 6.03. The van der Waals surface area contributed by atoms with E-state index in [4.69, 9.17) is 0 Å². The predicted molar refractivity (Wildman–Crippen MR) is 113 cm³/mol. The van der Waals surface area contributed by atoms with Gasteiger partial charge in [0.25, 0.3) is 0 Å². The van der Waals surface area contributed by atoms with Crippen LogP contribution in [0.25, 0.3) is 0 Å². The summed E-state index contributed by atoms with van der Waals surface area (Å²) in [6, 6.07) is 20.3. The van der Waals surface area contributed by atoms with Crippen LogP contribution in [0.2, 0.25) is 0 Å². The van der Waals surface area contributed by atoms with Gasteiger partial charge < -0.3 is 0 Å². The van der Waals surface area contributed by atoms with E-state index in [1.807, 2.05) is 0 Å². The molecule has 0 heterocycles. The first-order valence-corrected chi connectivity index (χ1v) is 10.7. The van der Waals surface area contributed by atoms with E-state index in [9.17, 15) is 4.39 Å². The molecule has 1 aliphatic carbocycles. The van der Waals surface area contributed by atoms with Crippen LogP contribution in [0.4, 0.5) is 4.39 Å². The molecule has 1 fully saturated rings. The minimum Gasteiger partial charge on any atom is -0.296 e. The van der Waals surface area contributed by atoms with Gasteiger partial charge in [0, 0.05) is 12.6 Å². The Balaban J connectivity index is 1.52. The van der Waals surface area contributed by atoms with Crippen LogP contribution in [0.15, 0.2) is 54.6 Å². The zero-order chi connectivity index (χ0) is 19.1. The molecule has 2 heteroatoms. The predicted octanol–water partition coefficient (Wildman–Crippen LogP) is 6.53. The SMILES string of the molecule is CCCN(Cc1ccccc1)C(C)CCc1ccc(C2CCC(F)C2)cc1. The van der Waals surface area contributed by atoms with Crippen LogP contribution in [0.1, 0.15) is 68.6 Å². The van der Waals surface area contributed by atoms with Gasteiger partial charge in [-0.15, -0.1) is 0 Å². The number of aryl methyl sites for hydroxylation is 1. The quantitative estimate of drug-likeness (QED) is 0.487. The number of nitrogens with zero attached hydrogens (tertiary/aromatic N) is 1. The fourth-order valence-electron chi connectivity index (χ4n) is 4.30. The van der Waals surface area contributed by atoms with Crippen molar-refractivity contribution in [2.75, 3.05) is 6.54 Å². The average Bonchev–Trinajstić information content (AvgIpc) is 3.13. The lowest BCUT2D eigenvalue weighted by Gasteiger charge is -2.29. The first-order chi connectivity index (χ1) is 13.2. The fraction of sp³-hybridized carbons (Fsp3) is 0.520. The van der Waals surface area contributed by atoms with E-state index in [1.165, 1.54) is 29.5 Å². The lowest BCUT2D eigenvalue weighted by Crippen LogP contribution is -2.33. The van der Waals surface area contributed by atoms with Gasteiger partial charge in [-0.05, 0) is 74.6 Å². The number of benzene rings is 2. The molecule has 27 heavy (non-hydrogen) atoms. The molecule has 1 aliphatic rings. The Morgan fingerprint density at radius 2 is 1.74 bits per heavy atom. The van der Waals surface area contributed by atoms with Crippen LogP contribution in [0.5, 0.6) is 0 Å². The van der Waals surface area contributed by atoms with E-state index in [0.29, 0.717) is 18.4 Å². The molecule has 0 aliphatic heterocycles. The molecule has 3 atom stereocenters. The van der Waals surface area contributed by atoms with Gasteiger partial charge in [-0.25, -0.2) is 4.39 Å². The number of halogens is 1. The van der Waals surface area contributed by atoms with Crippen molar-refractivity contribution in [3.8, 4) is 0 Å². The van der Waals surface area contributed by atoms with Gasteiger partial charge in [0.1, 0.15) is 6.17 Å². The fourth-order valence-corrected chi connectivity index (χ4v) is 4.30. The topological polar surface area (TPSA) is 3.24 Å². The molecule has 0 bridgehead atoms. The molecular weight excluding hydrogens is 333 g/mol. The molecular formula is C25H34FN. The summed E-state index contributed by atoms with van der Waals surface area (Å²) < 4.78 is 13.4. The molecule has 1 nitrogen and oxygen atoms in total. The lowest BCUT2D eigenvalue weighted by molar-refractivity contribution is 0.191. The second kappa shape index (κ2) is 10.0. The van der Waals surface area contributed by atoms with Crippen LogP contribution >= 0.6 is 0 Å². The second-order valence-electron chi connectivity index (χ2n) is 8.19. The van der Waals surface area contributed by atoms with Crippen molar-refractivity contribution in [2.24, 2.45) is 0 Å². The van der Waals surface area contributed by atoms with Crippen LogP contribution in [-0.2, 0) is 13.0 Å². The summed E-state index contributed by atoms with van der Waals surface area (Å²) in [7, 11) is 0. The largest absolute Gasteiger partial charge is 0.296 e. The van der Waals surface area contributed by atoms with E-state index >= 15 is 0 Å². The zero-order valence-corrected chi connectivity index (χ0v) is 16.9.